The molecule has 20 heavy (non-hydrogen) atoms. The Morgan fingerprint density at radius 1 is 1.40 bits per heavy atom. The van der Waals surface area contributed by atoms with Crippen molar-refractivity contribution in [2.45, 2.75) is 34.1 Å². The molecule has 0 unspecified atom stereocenters. The topological polar surface area (TPSA) is 60.7 Å². The van der Waals surface area contributed by atoms with Gasteiger partial charge in [0, 0.05) is 19.3 Å². The number of imidazole rings is 1. The highest BCUT2D eigenvalue weighted by molar-refractivity contribution is 5.73. The zero-order valence-corrected chi connectivity index (χ0v) is 12.5. The van der Waals surface area contributed by atoms with E-state index < -0.39 is 0 Å². The quantitative estimate of drug-likeness (QED) is 0.639. The number of pyridine rings is 1. The van der Waals surface area contributed by atoms with Crippen molar-refractivity contribution in [2.24, 2.45) is 0 Å². The highest BCUT2D eigenvalue weighted by atomic mass is 16.5. The first-order valence-corrected chi connectivity index (χ1v) is 6.69. The predicted octanol–water partition coefficient (Wildman–Crippen LogP) is 3.13. The lowest BCUT2D eigenvalue weighted by Gasteiger charge is -1.93. The fourth-order valence-corrected chi connectivity index (χ4v) is 1.26. The first-order chi connectivity index (χ1) is 9.67. The first-order valence-electron chi connectivity index (χ1n) is 6.69. The van der Waals surface area contributed by atoms with Crippen LogP contribution >= 0.6 is 0 Å². The summed E-state index contributed by atoms with van der Waals surface area (Å²) in [7, 11) is 0. The van der Waals surface area contributed by atoms with Gasteiger partial charge in [0.15, 0.2) is 6.29 Å². The van der Waals surface area contributed by atoms with Gasteiger partial charge in [-0.3, -0.25) is 9.59 Å². The number of nitrogens with zero attached hydrogens (tertiary/aromatic N) is 2. The second-order valence-electron chi connectivity index (χ2n) is 3.59. The van der Waals surface area contributed by atoms with Crippen molar-refractivity contribution in [3.05, 3.63) is 36.3 Å². The molecule has 0 aromatic carbocycles. The SMILES string of the molecule is CC.CCCOC(C)=O.O=Cc1cn2ccccc2n1. The standard InChI is InChI=1S/C8H6N2O.C5H10O2.C2H6/c11-6-7-5-10-4-2-1-3-8(10)9-7;1-3-4-7-5(2)6;1-2/h1-6H;3-4H2,1-2H3;1-2H3. The van der Waals surface area contributed by atoms with Gasteiger partial charge in [0.25, 0.3) is 0 Å². The number of ether oxygens (including phenoxy) is 1. The van der Waals surface area contributed by atoms with E-state index in [1.807, 2.05) is 49.6 Å². The molecule has 2 aromatic rings. The van der Waals surface area contributed by atoms with Crippen LogP contribution in [-0.4, -0.2) is 28.2 Å². The van der Waals surface area contributed by atoms with E-state index in [1.165, 1.54) is 6.92 Å². The Hall–Kier alpha value is -2.17. The second-order valence-corrected chi connectivity index (χ2v) is 3.59. The van der Waals surface area contributed by atoms with Gasteiger partial charge < -0.3 is 9.14 Å². The summed E-state index contributed by atoms with van der Waals surface area (Å²) >= 11 is 0. The van der Waals surface area contributed by atoms with Crippen LogP contribution < -0.4 is 0 Å². The monoisotopic (exact) mass is 278 g/mol. The maximum absolute atomic E-state index is 10.3. The Morgan fingerprint density at radius 2 is 2.10 bits per heavy atom. The third kappa shape index (κ3) is 6.68. The van der Waals surface area contributed by atoms with Crippen molar-refractivity contribution in [1.82, 2.24) is 9.38 Å². The number of hydrogen-bond acceptors (Lipinski definition) is 4. The molecule has 2 rings (SSSR count). The fourth-order valence-electron chi connectivity index (χ4n) is 1.26. The molecule has 0 aliphatic carbocycles. The Balaban J connectivity index is 0.000000352. The summed E-state index contributed by atoms with van der Waals surface area (Å²) in [5.74, 6) is -0.193. The molecule has 5 nitrogen and oxygen atoms in total. The van der Waals surface area contributed by atoms with Gasteiger partial charge in [-0.1, -0.05) is 26.8 Å². The van der Waals surface area contributed by atoms with Gasteiger partial charge in [-0.15, -0.1) is 0 Å². The summed E-state index contributed by atoms with van der Waals surface area (Å²) in [6, 6.07) is 5.63. The number of esters is 1. The van der Waals surface area contributed by atoms with E-state index in [0.717, 1.165) is 18.4 Å². The molecule has 110 valence electrons. The minimum absolute atomic E-state index is 0.193. The number of rotatable bonds is 3. The maximum Gasteiger partial charge on any atom is 0.302 e. The number of carbonyl (C=O) groups is 2. The molecular weight excluding hydrogens is 256 g/mol. The molecule has 0 bridgehead atoms. The largest absolute Gasteiger partial charge is 0.466 e. The van der Waals surface area contributed by atoms with Crippen LogP contribution in [0.15, 0.2) is 30.6 Å². The first kappa shape index (κ1) is 17.8. The zero-order chi connectivity index (χ0) is 15.4. The molecule has 0 saturated heterocycles. The van der Waals surface area contributed by atoms with E-state index in [2.05, 4.69) is 9.72 Å². The summed E-state index contributed by atoms with van der Waals surface area (Å²) in [4.78, 5) is 24.3. The van der Waals surface area contributed by atoms with Gasteiger partial charge in [0.2, 0.25) is 0 Å². The number of carbonyl (C=O) groups excluding carboxylic acids is 2. The summed E-state index contributed by atoms with van der Waals surface area (Å²) in [5, 5.41) is 0. The minimum atomic E-state index is -0.193. The molecule has 0 atom stereocenters. The number of fused-ring (bicyclic) bond motifs is 1. The summed E-state index contributed by atoms with van der Waals surface area (Å²) in [5.41, 5.74) is 1.27. The van der Waals surface area contributed by atoms with Gasteiger partial charge in [-0.05, 0) is 18.6 Å². The Labute approximate surface area is 119 Å². The molecule has 0 radical (unpaired) electrons. The maximum atomic E-state index is 10.3. The molecule has 0 amide bonds. The van der Waals surface area contributed by atoms with Gasteiger partial charge >= 0.3 is 5.97 Å². The Bertz CT molecular complexity index is 488. The lowest BCUT2D eigenvalue weighted by Crippen LogP contribution is -1.98. The van der Waals surface area contributed by atoms with Crippen LogP contribution in [0.25, 0.3) is 5.65 Å². The van der Waals surface area contributed by atoms with Gasteiger partial charge in [-0.25, -0.2) is 4.98 Å². The highest BCUT2D eigenvalue weighted by Gasteiger charge is 1.96. The normalized spacial score (nSPS) is 8.80. The average molecular weight is 278 g/mol. The van der Waals surface area contributed by atoms with Crippen LogP contribution in [0.5, 0.6) is 0 Å². The molecule has 5 heteroatoms. The molecule has 2 aromatic heterocycles. The van der Waals surface area contributed by atoms with Crippen LogP contribution in [0.3, 0.4) is 0 Å². The van der Waals surface area contributed by atoms with E-state index in [-0.39, 0.29) is 5.97 Å². The van der Waals surface area contributed by atoms with E-state index >= 15 is 0 Å². The van der Waals surface area contributed by atoms with Crippen LogP contribution in [0.2, 0.25) is 0 Å². The predicted molar refractivity (Wildman–Crippen MR) is 78.9 cm³/mol. The van der Waals surface area contributed by atoms with Crippen molar-refractivity contribution < 1.29 is 14.3 Å². The van der Waals surface area contributed by atoms with Crippen LogP contribution in [0.1, 0.15) is 44.6 Å². The van der Waals surface area contributed by atoms with E-state index in [4.69, 9.17) is 0 Å². The molecule has 0 fully saturated rings. The smallest absolute Gasteiger partial charge is 0.302 e. The van der Waals surface area contributed by atoms with Gasteiger partial charge in [0.1, 0.15) is 11.3 Å². The molecule has 0 saturated carbocycles. The molecule has 0 aliphatic rings. The van der Waals surface area contributed by atoms with E-state index in [0.29, 0.717) is 12.3 Å². The van der Waals surface area contributed by atoms with Crippen LogP contribution in [0, 0.1) is 0 Å². The second kappa shape index (κ2) is 10.7. The van der Waals surface area contributed by atoms with Gasteiger partial charge in [0.05, 0.1) is 6.61 Å². The lowest BCUT2D eigenvalue weighted by molar-refractivity contribution is -0.140. The molecular formula is C15H22N2O3. The Kier molecular flexibility index (Phi) is 9.56. The molecule has 0 N–H and O–H groups in total. The summed E-state index contributed by atoms with van der Waals surface area (Å²) in [6.45, 7) is 7.92. The van der Waals surface area contributed by atoms with Crippen molar-refractivity contribution >= 4 is 17.9 Å². The fraction of sp³-hybridized carbons (Fsp3) is 0.400. The van der Waals surface area contributed by atoms with E-state index in [1.54, 1.807) is 6.20 Å². The third-order valence-electron chi connectivity index (χ3n) is 2.01. The van der Waals surface area contributed by atoms with Crippen LogP contribution in [0.4, 0.5) is 0 Å². The highest BCUT2D eigenvalue weighted by Crippen LogP contribution is 2.01. The van der Waals surface area contributed by atoms with Crippen molar-refractivity contribution in [3.63, 3.8) is 0 Å². The van der Waals surface area contributed by atoms with Crippen molar-refractivity contribution in [3.8, 4) is 0 Å². The molecule has 0 spiro atoms. The van der Waals surface area contributed by atoms with Gasteiger partial charge in [-0.2, -0.15) is 0 Å². The van der Waals surface area contributed by atoms with Crippen molar-refractivity contribution in [1.29, 1.82) is 0 Å². The molecule has 0 aliphatic heterocycles. The third-order valence-corrected chi connectivity index (χ3v) is 2.01. The van der Waals surface area contributed by atoms with Crippen LogP contribution in [-0.2, 0) is 9.53 Å². The summed E-state index contributed by atoms with van der Waals surface area (Å²) < 4.78 is 6.36. The Morgan fingerprint density at radius 3 is 2.55 bits per heavy atom. The number of aldehydes is 1. The molecule has 2 heterocycles. The number of hydrogen-bond donors (Lipinski definition) is 0. The number of aromatic nitrogens is 2. The lowest BCUT2D eigenvalue weighted by atomic mass is 10.5. The summed E-state index contributed by atoms with van der Waals surface area (Å²) in [6.07, 6.45) is 5.20. The van der Waals surface area contributed by atoms with Crippen molar-refractivity contribution in [2.75, 3.05) is 6.61 Å². The minimum Gasteiger partial charge on any atom is -0.466 e. The zero-order valence-electron chi connectivity index (χ0n) is 12.5. The average Bonchev–Trinajstić information content (AvgIpc) is 2.91. The van der Waals surface area contributed by atoms with E-state index in [9.17, 15) is 9.59 Å².